The predicted octanol–water partition coefficient (Wildman–Crippen LogP) is 4.58. The Balaban J connectivity index is 1.50. The quantitative estimate of drug-likeness (QED) is 0.447. The number of benzene rings is 3. The Morgan fingerprint density at radius 1 is 1.00 bits per heavy atom. The second kappa shape index (κ2) is 9.05. The molecule has 6 heteroatoms. The minimum Gasteiger partial charge on any atom is -0.497 e. The number of thioether (sulfide) groups is 1. The van der Waals surface area contributed by atoms with Gasteiger partial charge in [0.2, 0.25) is 5.91 Å². The molecule has 1 aromatic heterocycles. The first kappa shape index (κ1) is 20.0. The van der Waals surface area contributed by atoms with E-state index in [1.165, 1.54) is 11.8 Å². The summed E-state index contributed by atoms with van der Waals surface area (Å²) in [4.78, 5) is 17.5. The van der Waals surface area contributed by atoms with E-state index < -0.39 is 0 Å². The number of para-hydroxylation sites is 2. The van der Waals surface area contributed by atoms with Crippen LogP contribution in [-0.2, 0) is 11.8 Å². The number of amides is 1. The number of imidazole rings is 1. The molecule has 1 amide bonds. The average Bonchev–Trinajstić information content (AvgIpc) is 3.12. The molecule has 4 rings (SSSR count). The van der Waals surface area contributed by atoms with Crippen LogP contribution in [0.3, 0.4) is 0 Å². The van der Waals surface area contributed by atoms with Crippen molar-refractivity contribution >= 4 is 28.7 Å². The number of fused-ring (bicyclic) bond motifs is 1. The van der Waals surface area contributed by atoms with Gasteiger partial charge in [-0.1, -0.05) is 66.4 Å². The highest BCUT2D eigenvalue weighted by molar-refractivity contribution is 7.99. The highest BCUT2D eigenvalue weighted by Gasteiger charge is 2.18. The van der Waals surface area contributed by atoms with Gasteiger partial charge in [0, 0.05) is 7.05 Å². The molecule has 0 aliphatic rings. The molecule has 0 fully saturated rings. The molecule has 3 aromatic carbocycles. The van der Waals surface area contributed by atoms with Crippen molar-refractivity contribution in [2.24, 2.45) is 7.05 Å². The number of hydrogen-bond donors (Lipinski definition) is 1. The van der Waals surface area contributed by atoms with Crippen LogP contribution in [0.15, 0.2) is 84.0 Å². The number of ether oxygens (including phenoxy) is 1. The molecule has 0 bridgehead atoms. The molecule has 0 spiro atoms. The van der Waals surface area contributed by atoms with Gasteiger partial charge < -0.3 is 14.6 Å². The van der Waals surface area contributed by atoms with E-state index in [1.807, 2.05) is 90.5 Å². The zero-order valence-electron chi connectivity index (χ0n) is 16.9. The van der Waals surface area contributed by atoms with E-state index in [0.29, 0.717) is 0 Å². The van der Waals surface area contributed by atoms with Crippen molar-refractivity contribution in [3.05, 3.63) is 90.0 Å². The molecular formula is C24H23N3O2S. The molecule has 1 N–H and O–H groups in total. The fourth-order valence-corrected chi connectivity index (χ4v) is 4.18. The number of nitrogens with one attached hydrogen (secondary N) is 1. The number of carbonyl (C=O) groups excluding carboxylic acids is 1. The minimum atomic E-state index is -0.231. The summed E-state index contributed by atoms with van der Waals surface area (Å²) in [5, 5.41) is 4.00. The topological polar surface area (TPSA) is 56.1 Å². The summed E-state index contributed by atoms with van der Waals surface area (Å²) in [5.41, 5.74) is 4.02. The van der Waals surface area contributed by atoms with E-state index in [-0.39, 0.29) is 17.7 Å². The molecule has 0 aliphatic heterocycles. The summed E-state index contributed by atoms with van der Waals surface area (Å²) in [6.07, 6.45) is 0. The van der Waals surface area contributed by atoms with Gasteiger partial charge in [0.15, 0.2) is 5.16 Å². The molecule has 0 aliphatic carbocycles. The Morgan fingerprint density at radius 3 is 2.37 bits per heavy atom. The van der Waals surface area contributed by atoms with Crippen molar-refractivity contribution in [3.8, 4) is 5.75 Å². The molecule has 0 saturated heterocycles. The lowest BCUT2D eigenvalue weighted by molar-refractivity contribution is -0.119. The third-order valence-electron chi connectivity index (χ3n) is 4.97. The third-order valence-corrected chi connectivity index (χ3v) is 6.00. The van der Waals surface area contributed by atoms with Gasteiger partial charge in [-0.05, 0) is 35.4 Å². The van der Waals surface area contributed by atoms with Gasteiger partial charge in [-0.2, -0.15) is 0 Å². The van der Waals surface area contributed by atoms with Gasteiger partial charge in [0.05, 0.1) is 29.9 Å². The van der Waals surface area contributed by atoms with Crippen LogP contribution in [0.2, 0.25) is 0 Å². The standard InChI is InChI=1S/C24H23N3O2S/c1-27-21-11-7-6-10-20(21)25-24(27)30-16-22(28)26-23(17-8-4-3-5-9-17)18-12-14-19(29-2)15-13-18/h3-15,23H,16H2,1-2H3,(H,26,28)/t23-/m0/s1. The van der Waals surface area contributed by atoms with Crippen LogP contribution in [0.5, 0.6) is 5.75 Å². The van der Waals surface area contributed by atoms with E-state index in [0.717, 1.165) is 33.1 Å². The molecule has 1 heterocycles. The van der Waals surface area contributed by atoms with Crippen molar-refractivity contribution in [1.82, 2.24) is 14.9 Å². The van der Waals surface area contributed by atoms with Crippen LogP contribution in [0.4, 0.5) is 0 Å². The lowest BCUT2D eigenvalue weighted by Gasteiger charge is -2.20. The van der Waals surface area contributed by atoms with Gasteiger partial charge >= 0.3 is 0 Å². The molecular weight excluding hydrogens is 394 g/mol. The van der Waals surface area contributed by atoms with Crippen LogP contribution >= 0.6 is 11.8 Å². The van der Waals surface area contributed by atoms with Crippen molar-refractivity contribution in [2.45, 2.75) is 11.2 Å². The number of hydrogen-bond acceptors (Lipinski definition) is 4. The fourth-order valence-electron chi connectivity index (χ4n) is 3.39. The molecule has 4 aromatic rings. The molecule has 5 nitrogen and oxygen atoms in total. The van der Waals surface area contributed by atoms with Crippen molar-refractivity contribution in [3.63, 3.8) is 0 Å². The maximum Gasteiger partial charge on any atom is 0.231 e. The van der Waals surface area contributed by atoms with Gasteiger partial charge in [0.1, 0.15) is 5.75 Å². The Bertz CT molecular complexity index is 1140. The highest BCUT2D eigenvalue weighted by Crippen LogP contribution is 2.26. The summed E-state index contributed by atoms with van der Waals surface area (Å²) < 4.78 is 7.28. The summed E-state index contributed by atoms with van der Waals surface area (Å²) >= 11 is 1.44. The zero-order valence-corrected chi connectivity index (χ0v) is 17.7. The monoisotopic (exact) mass is 417 g/mol. The van der Waals surface area contributed by atoms with E-state index in [9.17, 15) is 4.79 Å². The van der Waals surface area contributed by atoms with Crippen LogP contribution in [0, 0.1) is 0 Å². The van der Waals surface area contributed by atoms with Crippen LogP contribution in [-0.4, -0.2) is 28.3 Å². The van der Waals surface area contributed by atoms with Crippen molar-refractivity contribution in [2.75, 3.05) is 12.9 Å². The zero-order chi connectivity index (χ0) is 20.9. The Hall–Kier alpha value is -3.25. The highest BCUT2D eigenvalue weighted by atomic mass is 32.2. The minimum absolute atomic E-state index is 0.0447. The normalized spacial score (nSPS) is 11.9. The maximum atomic E-state index is 12.8. The number of carbonyl (C=O) groups is 1. The molecule has 0 saturated carbocycles. The second-order valence-corrected chi connectivity index (χ2v) is 7.86. The Morgan fingerprint density at radius 2 is 1.67 bits per heavy atom. The Labute approximate surface area is 180 Å². The summed E-state index contributed by atoms with van der Waals surface area (Å²) in [7, 11) is 3.61. The van der Waals surface area contributed by atoms with E-state index in [2.05, 4.69) is 10.3 Å². The maximum absolute atomic E-state index is 12.8. The van der Waals surface area contributed by atoms with Crippen molar-refractivity contribution in [1.29, 1.82) is 0 Å². The number of methoxy groups -OCH3 is 1. The van der Waals surface area contributed by atoms with Crippen LogP contribution in [0.25, 0.3) is 11.0 Å². The van der Waals surface area contributed by atoms with Crippen LogP contribution < -0.4 is 10.1 Å². The largest absolute Gasteiger partial charge is 0.497 e. The first-order chi connectivity index (χ1) is 14.7. The van der Waals surface area contributed by atoms with Gasteiger partial charge in [-0.15, -0.1) is 0 Å². The number of aromatic nitrogens is 2. The molecule has 1 atom stereocenters. The summed E-state index contributed by atoms with van der Waals surface area (Å²) in [5.74, 6) is 1.03. The van der Waals surface area contributed by atoms with E-state index >= 15 is 0 Å². The third kappa shape index (κ3) is 4.33. The van der Waals surface area contributed by atoms with E-state index in [4.69, 9.17) is 4.74 Å². The van der Waals surface area contributed by atoms with Gasteiger partial charge in [-0.3, -0.25) is 4.79 Å². The molecule has 0 radical (unpaired) electrons. The summed E-state index contributed by atoms with van der Waals surface area (Å²) in [6.45, 7) is 0. The number of rotatable bonds is 7. The Kier molecular flexibility index (Phi) is 6.05. The SMILES string of the molecule is COc1ccc([C@@H](NC(=O)CSc2nc3ccccc3n2C)c2ccccc2)cc1. The summed E-state index contributed by atoms with van der Waals surface area (Å²) in [6, 6.07) is 25.5. The first-order valence-electron chi connectivity index (χ1n) is 9.68. The number of nitrogens with zero attached hydrogens (tertiary/aromatic N) is 2. The first-order valence-corrected chi connectivity index (χ1v) is 10.7. The molecule has 0 unspecified atom stereocenters. The number of aryl methyl sites for hydroxylation is 1. The molecule has 30 heavy (non-hydrogen) atoms. The lowest BCUT2D eigenvalue weighted by Crippen LogP contribution is -2.30. The van der Waals surface area contributed by atoms with Crippen molar-refractivity contribution < 1.29 is 9.53 Å². The van der Waals surface area contributed by atoms with E-state index in [1.54, 1.807) is 7.11 Å². The van der Waals surface area contributed by atoms with Gasteiger partial charge in [-0.25, -0.2) is 4.98 Å². The second-order valence-electron chi connectivity index (χ2n) is 6.92. The average molecular weight is 418 g/mol. The van der Waals surface area contributed by atoms with Crippen LogP contribution in [0.1, 0.15) is 17.2 Å². The van der Waals surface area contributed by atoms with Gasteiger partial charge in [0.25, 0.3) is 0 Å². The smallest absolute Gasteiger partial charge is 0.231 e. The predicted molar refractivity (Wildman–Crippen MR) is 121 cm³/mol. The molecule has 152 valence electrons. The lowest BCUT2D eigenvalue weighted by atomic mass is 9.98. The fraction of sp³-hybridized carbons (Fsp3) is 0.167.